The van der Waals surface area contributed by atoms with Crippen LogP contribution in [-0.4, -0.2) is 26.2 Å². The predicted molar refractivity (Wildman–Crippen MR) is 98.3 cm³/mol. The molecule has 0 N–H and O–H groups in total. The normalized spacial score (nSPS) is 10.8. The summed E-state index contributed by atoms with van der Waals surface area (Å²) < 4.78 is 0. The molecule has 0 amide bonds. The minimum Gasteiger partial charge on any atom is -0.237 e. The van der Waals surface area contributed by atoms with E-state index in [1.54, 1.807) is 18.0 Å². The van der Waals surface area contributed by atoms with E-state index in [4.69, 9.17) is 4.98 Å². The average molecular weight is 336 g/mol. The Morgan fingerprint density at radius 1 is 0.875 bits per heavy atom. The topological polar surface area (TPSA) is 51.6 Å². The van der Waals surface area contributed by atoms with Crippen molar-refractivity contribution in [2.45, 2.75) is 32.3 Å². The van der Waals surface area contributed by atoms with Gasteiger partial charge in [0.25, 0.3) is 0 Å². The lowest BCUT2D eigenvalue weighted by atomic mass is 9.99. The maximum Gasteiger partial charge on any atom is 0.187 e. The minimum absolute atomic E-state index is 0.676. The molecule has 0 saturated carbocycles. The second-order valence-corrected chi connectivity index (χ2v) is 6.63. The fourth-order valence-corrected chi connectivity index (χ4v) is 3.28. The highest BCUT2D eigenvalue weighted by Crippen LogP contribution is 2.25. The summed E-state index contributed by atoms with van der Waals surface area (Å²) in [6, 6.07) is 8.23. The smallest absolute Gasteiger partial charge is 0.187 e. The third-order valence-electron chi connectivity index (χ3n) is 3.85. The fraction of sp³-hybridized carbons (Fsp3) is 0.263. The van der Waals surface area contributed by atoms with Crippen LogP contribution in [0.4, 0.5) is 0 Å². The van der Waals surface area contributed by atoms with Gasteiger partial charge >= 0.3 is 0 Å². The van der Waals surface area contributed by atoms with Crippen molar-refractivity contribution in [3.8, 4) is 11.4 Å². The van der Waals surface area contributed by atoms with Crippen molar-refractivity contribution >= 4 is 11.8 Å². The highest BCUT2D eigenvalue weighted by Gasteiger charge is 2.11. The monoisotopic (exact) mass is 336 g/mol. The Balaban J connectivity index is 1.95. The van der Waals surface area contributed by atoms with E-state index in [0.717, 1.165) is 27.9 Å². The van der Waals surface area contributed by atoms with Crippen LogP contribution in [0.2, 0.25) is 0 Å². The van der Waals surface area contributed by atoms with E-state index in [0.29, 0.717) is 6.42 Å². The minimum atomic E-state index is 0.676. The lowest BCUT2D eigenvalue weighted by Gasteiger charge is -2.11. The van der Waals surface area contributed by atoms with Gasteiger partial charge in [0.05, 0.1) is 11.4 Å². The molecule has 0 unspecified atom stereocenters. The molecule has 0 fully saturated rings. The molecular formula is C19H20N4S. The van der Waals surface area contributed by atoms with Crippen LogP contribution in [-0.2, 0) is 6.42 Å². The van der Waals surface area contributed by atoms with E-state index in [2.05, 4.69) is 47.9 Å². The Labute approximate surface area is 146 Å². The molecule has 3 aromatic rings. The molecule has 2 aromatic heterocycles. The maximum atomic E-state index is 4.77. The summed E-state index contributed by atoms with van der Waals surface area (Å²) in [6.45, 7) is 6.33. The van der Waals surface area contributed by atoms with Crippen molar-refractivity contribution in [2.24, 2.45) is 0 Å². The molecular weight excluding hydrogens is 316 g/mol. The first kappa shape index (κ1) is 16.6. The number of nitrogens with zero attached hydrogens (tertiary/aromatic N) is 4. The van der Waals surface area contributed by atoms with Gasteiger partial charge in [0.15, 0.2) is 11.0 Å². The zero-order chi connectivity index (χ0) is 17.1. The van der Waals surface area contributed by atoms with Crippen molar-refractivity contribution in [1.82, 2.24) is 19.9 Å². The number of aryl methyl sites for hydroxylation is 3. The molecule has 4 nitrogen and oxygen atoms in total. The molecule has 0 saturated heterocycles. The summed E-state index contributed by atoms with van der Waals surface area (Å²) in [6.07, 6.45) is 6.28. The molecule has 3 rings (SSSR count). The lowest BCUT2D eigenvalue weighted by molar-refractivity contribution is 0.888. The number of hydrogen-bond donors (Lipinski definition) is 0. The summed E-state index contributed by atoms with van der Waals surface area (Å²) >= 11 is 1.54. The van der Waals surface area contributed by atoms with Gasteiger partial charge in [0.1, 0.15) is 0 Å². The molecule has 0 spiro atoms. The quantitative estimate of drug-likeness (QED) is 0.528. The number of rotatable bonds is 4. The molecule has 5 heteroatoms. The Morgan fingerprint density at radius 3 is 2.17 bits per heavy atom. The van der Waals surface area contributed by atoms with E-state index in [1.807, 2.05) is 24.6 Å². The van der Waals surface area contributed by atoms with Gasteiger partial charge in [-0.2, -0.15) is 0 Å². The molecule has 24 heavy (non-hydrogen) atoms. The van der Waals surface area contributed by atoms with Crippen LogP contribution in [0.3, 0.4) is 0 Å². The number of aromatic nitrogens is 4. The van der Waals surface area contributed by atoms with Gasteiger partial charge in [0, 0.05) is 24.4 Å². The molecule has 0 radical (unpaired) electrons. The zero-order valence-electron chi connectivity index (χ0n) is 14.4. The Kier molecular flexibility index (Phi) is 4.90. The van der Waals surface area contributed by atoms with Crippen molar-refractivity contribution in [1.29, 1.82) is 0 Å². The zero-order valence-corrected chi connectivity index (χ0v) is 15.2. The molecule has 1 aromatic carbocycles. The van der Waals surface area contributed by atoms with Crippen molar-refractivity contribution in [3.05, 3.63) is 64.7 Å². The van der Waals surface area contributed by atoms with Crippen LogP contribution in [0, 0.1) is 20.8 Å². The molecule has 0 bridgehead atoms. The molecule has 122 valence electrons. The second kappa shape index (κ2) is 7.09. The Bertz CT molecular complexity index is 854. The largest absolute Gasteiger partial charge is 0.237 e. The number of benzene rings is 1. The summed E-state index contributed by atoms with van der Waals surface area (Å²) in [4.78, 5) is 18.0. The Hall–Kier alpha value is -2.27. The van der Waals surface area contributed by atoms with Crippen molar-refractivity contribution in [2.75, 3.05) is 6.26 Å². The van der Waals surface area contributed by atoms with Gasteiger partial charge in [-0.05, 0) is 50.3 Å². The third-order valence-corrected chi connectivity index (χ3v) is 4.41. The Morgan fingerprint density at radius 2 is 1.50 bits per heavy atom. The van der Waals surface area contributed by atoms with Crippen LogP contribution in [0.25, 0.3) is 11.4 Å². The molecule has 2 heterocycles. The van der Waals surface area contributed by atoms with Gasteiger partial charge in [-0.25, -0.2) is 19.9 Å². The van der Waals surface area contributed by atoms with Gasteiger partial charge < -0.3 is 0 Å². The molecule has 0 atom stereocenters. The predicted octanol–water partition coefficient (Wildman–Crippen LogP) is 4.17. The lowest BCUT2D eigenvalue weighted by Crippen LogP contribution is -2.01. The van der Waals surface area contributed by atoms with Gasteiger partial charge in [-0.1, -0.05) is 29.5 Å². The second-order valence-electron chi connectivity index (χ2n) is 5.86. The summed E-state index contributed by atoms with van der Waals surface area (Å²) in [7, 11) is 0. The summed E-state index contributed by atoms with van der Waals surface area (Å²) in [5.74, 6) is 0.779. The van der Waals surface area contributed by atoms with Crippen LogP contribution in [0.1, 0.15) is 28.1 Å². The van der Waals surface area contributed by atoms with Gasteiger partial charge in [-0.15, -0.1) is 0 Å². The van der Waals surface area contributed by atoms with Crippen molar-refractivity contribution < 1.29 is 0 Å². The van der Waals surface area contributed by atoms with Crippen LogP contribution >= 0.6 is 11.8 Å². The first-order chi connectivity index (χ1) is 11.6. The van der Waals surface area contributed by atoms with E-state index < -0.39 is 0 Å². The van der Waals surface area contributed by atoms with Gasteiger partial charge in [-0.3, -0.25) is 0 Å². The standard InChI is InChI=1S/C19H20N4S/c1-12-9-13(2)17(14(3)10-12)18-20-7-5-15(22-18)11-16-6-8-21-19(23-16)24-4/h5-10H,11H2,1-4H3. The summed E-state index contributed by atoms with van der Waals surface area (Å²) in [5, 5.41) is 0.784. The number of hydrogen-bond acceptors (Lipinski definition) is 5. The van der Waals surface area contributed by atoms with Crippen LogP contribution < -0.4 is 0 Å². The first-order valence-corrected chi connectivity index (χ1v) is 9.05. The average Bonchev–Trinajstić information content (AvgIpc) is 2.54. The third kappa shape index (κ3) is 3.62. The van der Waals surface area contributed by atoms with Crippen molar-refractivity contribution in [3.63, 3.8) is 0 Å². The van der Waals surface area contributed by atoms with Crippen LogP contribution in [0.5, 0.6) is 0 Å². The molecule has 0 aliphatic carbocycles. The van der Waals surface area contributed by atoms with E-state index in [-0.39, 0.29) is 0 Å². The van der Waals surface area contributed by atoms with E-state index in [9.17, 15) is 0 Å². The van der Waals surface area contributed by atoms with E-state index in [1.165, 1.54) is 16.7 Å². The fourth-order valence-electron chi connectivity index (χ4n) is 2.91. The highest BCUT2D eigenvalue weighted by molar-refractivity contribution is 7.98. The molecule has 0 aliphatic rings. The molecule has 0 aliphatic heterocycles. The maximum absolute atomic E-state index is 4.77. The SMILES string of the molecule is CSc1nccc(Cc2ccnc(-c3c(C)cc(C)cc3C)n2)n1. The number of thioether (sulfide) groups is 1. The highest BCUT2D eigenvalue weighted by atomic mass is 32.2. The van der Waals surface area contributed by atoms with Crippen LogP contribution in [0.15, 0.2) is 41.8 Å². The first-order valence-electron chi connectivity index (χ1n) is 7.83. The van der Waals surface area contributed by atoms with E-state index >= 15 is 0 Å². The van der Waals surface area contributed by atoms with Gasteiger partial charge in [0.2, 0.25) is 0 Å². The summed E-state index contributed by atoms with van der Waals surface area (Å²) in [5.41, 5.74) is 6.72.